The molecule has 1 aromatic carbocycles. The number of para-hydroxylation sites is 1. The van der Waals surface area contributed by atoms with Crippen molar-refractivity contribution in [2.45, 2.75) is 70.4 Å². The molecular weight excluding hydrogens is 350 g/mol. The Morgan fingerprint density at radius 1 is 1.21 bits per heavy atom. The lowest BCUT2D eigenvalue weighted by Gasteiger charge is -2.24. The van der Waals surface area contributed by atoms with Gasteiger partial charge in [-0.3, -0.25) is 9.48 Å². The van der Waals surface area contributed by atoms with Crippen molar-refractivity contribution in [1.82, 2.24) is 15.1 Å². The van der Waals surface area contributed by atoms with Crippen LogP contribution in [0.25, 0.3) is 0 Å². The summed E-state index contributed by atoms with van der Waals surface area (Å²) >= 11 is 0. The van der Waals surface area contributed by atoms with Gasteiger partial charge in [-0.1, -0.05) is 43.9 Å². The molecule has 0 radical (unpaired) electrons. The molecule has 0 aliphatic heterocycles. The normalized spacial score (nSPS) is 19.4. The zero-order valence-corrected chi connectivity index (χ0v) is 16.8. The Labute approximate surface area is 167 Å². The molecule has 1 heterocycles. The lowest BCUT2D eigenvalue weighted by molar-refractivity contribution is -0.122. The molecule has 1 N–H and O–H groups in total. The van der Waals surface area contributed by atoms with Crippen LogP contribution in [-0.2, 0) is 17.8 Å². The van der Waals surface area contributed by atoms with E-state index in [1.54, 1.807) is 7.11 Å². The Morgan fingerprint density at radius 3 is 2.86 bits per heavy atom. The van der Waals surface area contributed by atoms with E-state index in [0.29, 0.717) is 13.0 Å². The summed E-state index contributed by atoms with van der Waals surface area (Å²) in [6.07, 6.45) is 12.0. The molecule has 28 heavy (non-hydrogen) atoms. The van der Waals surface area contributed by atoms with Crippen molar-refractivity contribution in [3.8, 4) is 5.75 Å². The number of nitrogens with one attached hydrogen (secondary N) is 1. The van der Waals surface area contributed by atoms with Crippen LogP contribution in [0.5, 0.6) is 5.75 Å². The minimum Gasteiger partial charge on any atom is -0.496 e. The van der Waals surface area contributed by atoms with E-state index >= 15 is 0 Å². The average molecular weight is 382 g/mol. The number of carbonyl (C=O) groups excluding carboxylic acids is 1. The van der Waals surface area contributed by atoms with Crippen LogP contribution < -0.4 is 10.1 Å². The Balaban J connectivity index is 1.41. The smallest absolute Gasteiger partial charge is 0.220 e. The molecule has 1 aromatic heterocycles. The summed E-state index contributed by atoms with van der Waals surface area (Å²) in [6.45, 7) is 0.696. The Kier molecular flexibility index (Phi) is 5.98. The van der Waals surface area contributed by atoms with E-state index in [-0.39, 0.29) is 11.9 Å². The molecule has 5 heteroatoms. The lowest BCUT2D eigenvalue weighted by Crippen LogP contribution is -2.31. The number of nitrogens with zero attached hydrogens (tertiary/aromatic N) is 2. The van der Waals surface area contributed by atoms with Crippen molar-refractivity contribution in [3.05, 3.63) is 47.3 Å². The van der Waals surface area contributed by atoms with E-state index in [1.807, 2.05) is 24.4 Å². The van der Waals surface area contributed by atoms with Crippen LogP contribution in [0.1, 0.15) is 74.2 Å². The topological polar surface area (TPSA) is 56.1 Å². The number of aromatic nitrogens is 2. The second kappa shape index (κ2) is 8.80. The van der Waals surface area contributed by atoms with E-state index < -0.39 is 0 Å². The molecule has 1 saturated carbocycles. The van der Waals surface area contributed by atoms with Crippen molar-refractivity contribution in [2.24, 2.45) is 5.92 Å². The van der Waals surface area contributed by atoms with Gasteiger partial charge in [0.15, 0.2) is 0 Å². The predicted molar refractivity (Wildman–Crippen MR) is 109 cm³/mol. The van der Waals surface area contributed by atoms with Crippen molar-refractivity contribution in [1.29, 1.82) is 0 Å². The van der Waals surface area contributed by atoms with Crippen molar-refractivity contribution in [3.63, 3.8) is 0 Å². The van der Waals surface area contributed by atoms with E-state index in [4.69, 9.17) is 4.74 Å². The Morgan fingerprint density at radius 2 is 2.04 bits per heavy atom. The van der Waals surface area contributed by atoms with Crippen LogP contribution in [0, 0.1) is 5.92 Å². The van der Waals surface area contributed by atoms with Gasteiger partial charge in [0.05, 0.1) is 25.9 Å². The minimum atomic E-state index is 0.103. The number of rotatable bonds is 7. The second-order valence-electron chi connectivity index (χ2n) is 8.22. The quantitative estimate of drug-likeness (QED) is 0.773. The Bertz CT molecular complexity index is 808. The van der Waals surface area contributed by atoms with Gasteiger partial charge in [0.25, 0.3) is 0 Å². The van der Waals surface area contributed by atoms with Gasteiger partial charge in [-0.2, -0.15) is 5.10 Å². The fraction of sp³-hybridized carbons (Fsp3) is 0.565. The van der Waals surface area contributed by atoms with Crippen LogP contribution in [-0.4, -0.2) is 22.8 Å². The van der Waals surface area contributed by atoms with Crippen LogP contribution in [0.15, 0.2) is 30.5 Å². The summed E-state index contributed by atoms with van der Waals surface area (Å²) in [6, 6.07) is 8.18. The van der Waals surface area contributed by atoms with Gasteiger partial charge in [0.2, 0.25) is 5.91 Å². The van der Waals surface area contributed by atoms with Gasteiger partial charge in [0, 0.05) is 23.2 Å². The molecule has 0 bridgehead atoms. The fourth-order valence-corrected chi connectivity index (χ4v) is 4.80. The molecule has 1 amide bonds. The van der Waals surface area contributed by atoms with Gasteiger partial charge >= 0.3 is 0 Å². The fourth-order valence-electron chi connectivity index (χ4n) is 4.80. The number of ether oxygens (including phenoxy) is 1. The van der Waals surface area contributed by atoms with Gasteiger partial charge in [-0.25, -0.2) is 0 Å². The summed E-state index contributed by atoms with van der Waals surface area (Å²) in [5.74, 6) is 1.85. The zero-order chi connectivity index (χ0) is 19.3. The molecule has 2 aliphatic carbocycles. The molecule has 5 nitrogen and oxygen atoms in total. The first-order valence-electron chi connectivity index (χ1n) is 10.7. The number of benzene rings is 1. The highest BCUT2D eigenvalue weighted by molar-refractivity contribution is 5.76. The van der Waals surface area contributed by atoms with Crippen molar-refractivity contribution in [2.75, 3.05) is 7.11 Å². The van der Waals surface area contributed by atoms with Crippen LogP contribution >= 0.6 is 0 Å². The van der Waals surface area contributed by atoms with E-state index in [0.717, 1.165) is 42.9 Å². The van der Waals surface area contributed by atoms with E-state index in [9.17, 15) is 4.79 Å². The van der Waals surface area contributed by atoms with E-state index in [1.165, 1.54) is 36.9 Å². The largest absolute Gasteiger partial charge is 0.496 e. The standard InChI is InChI=1S/C23H31N3O2/c1-28-22-12-5-4-9-18(22)16-26-21-11-6-10-20(19(21)15-24-26)25-23(27)14-13-17-7-2-3-8-17/h4-5,9,12,15,17,20H,2-3,6-8,10-11,13-14,16H2,1H3,(H,25,27)/t20-/m0/s1. The van der Waals surface area contributed by atoms with Crippen molar-refractivity contribution >= 4 is 5.91 Å². The number of amides is 1. The average Bonchev–Trinajstić information content (AvgIpc) is 3.38. The van der Waals surface area contributed by atoms with Crippen LogP contribution in [0.2, 0.25) is 0 Å². The highest BCUT2D eigenvalue weighted by Crippen LogP contribution is 2.32. The molecular formula is C23H31N3O2. The van der Waals surface area contributed by atoms with Gasteiger partial charge < -0.3 is 10.1 Å². The highest BCUT2D eigenvalue weighted by Gasteiger charge is 2.26. The van der Waals surface area contributed by atoms with Gasteiger partial charge in [0.1, 0.15) is 5.75 Å². The number of fused-ring (bicyclic) bond motifs is 1. The molecule has 4 rings (SSSR count). The Hall–Kier alpha value is -2.30. The van der Waals surface area contributed by atoms with Gasteiger partial charge in [-0.05, 0) is 37.7 Å². The summed E-state index contributed by atoms with van der Waals surface area (Å²) in [5, 5.41) is 7.93. The molecule has 1 atom stereocenters. The third-order valence-corrected chi connectivity index (χ3v) is 6.37. The highest BCUT2D eigenvalue weighted by atomic mass is 16.5. The molecule has 2 aliphatic rings. The van der Waals surface area contributed by atoms with Crippen LogP contribution in [0.4, 0.5) is 0 Å². The van der Waals surface area contributed by atoms with Crippen molar-refractivity contribution < 1.29 is 9.53 Å². The number of carbonyl (C=O) groups is 1. The monoisotopic (exact) mass is 381 g/mol. The van der Waals surface area contributed by atoms with E-state index in [2.05, 4.69) is 21.2 Å². The predicted octanol–water partition coefficient (Wildman–Crippen LogP) is 4.40. The lowest BCUT2D eigenvalue weighted by atomic mass is 9.92. The summed E-state index contributed by atoms with van der Waals surface area (Å²) in [5.41, 5.74) is 3.56. The third-order valence-electron chi connectivity index (χ3n) is 6.37. The maximum absolute atomic E-state index is 12.5. The summed E-state index contributed by atoms with van der Waals surface area (Å²) in [7, 11) is 1.70. The molecule has 0 saturated heterocycles. The molecule has 0 spiro atoms. The second-order valence-corrected chi connectivity index (χ2v) is 8.22. The summed E-state index contributed by atoms with van der Waals surface area (Å²) < 4.78 is 7.56. The number of methoxy groups -OCH3 is 1. The minimum absolute atomic E-state index is 0.103. The molecule has 1 fully saturated rings. The number of hydrogen-bond donors (Lipinski definition) is 1. The molecule has 0 unspecified atom stereocenters. The van der Waals surface area contributed by atoms with Gasteiger partial charge in [-0.15, -0.1) is 0 Å². The SMILES string of the molecule is COc1ccccc1Cn1ncc2c1CCC[C@@H]2NC(=O)CCC1CCCC1. The third kappa shape index (κ3) is 4.23. The first-order valence-corrected chi connectivity index (χ1v) is 10.7. The first-order chi connectivity index (χ1) is 13.7. The number of hydrogen-bond acceptors (Lipinski definition) is 3. The zero-order valence-electron chi connectivity index (χ0n) is 16.8. The maximum atomic E-state index is 12.5. The summed E-state index contributed by atoms with van der Waals surface area (Å²) in [4.78, 5) is 12.5. The maximum Gasteiger partial charge on any atom is 0.220 e. The molecule has 2 aromatic rings. The molecule has 150 valence electrons. The first kappa shape index (κ1) is 19.0. The van der Waals surface area contributed by atoms with Crippen LogP contribution in [0.3, 0.4) is 0 Å².